The monoisotopic (exact) mass is 258 g/mol. The molecule has 1 aliphatic heterocycles. The second-order valence-corrected chi connectivity index (χ2v) is 6.81. The van der Waals surface area contributed by atoms with Crippen LogP contribution in [0.1, 0.15) is 39.5 Å². The molecule has 1 heterocycles. The van der Waals surface area contributed by atoms with E-state index in [2.05, 4.69) is 42.9 Å². The first-order valence-electron chi connectivity index (χ1n) is 7.19. The summed E-state index contributed by atoms with van der Waals surface area (Å²) in [6, 6.07) is 0.860. The molecule has 0 amide bonds. The average molecular weight is 258 g/mol. The van der Waals surface area contributed by atoms with Gasteiger partial charge in [0.1, 0.15) is 0 Å². The third kappa shape index (κ3) is 7.32. The van der Waals surface area contributed by atoms with E-state index in [-0.39, 0.29) is 0 Å². The van der Waals surface area contributed by atoms with Crippen molar-refractivity contribution in [3.63, 3.8) is 0 Å². The largest absolute Gasteiger partial charge is 0.316 e. The van der Waals surface area contributed by atoms with Crippen molar-refractivity contribution >= 4 is 11.8 Å². The highest BCUT2D eigenvalue weighted by molar-refractivity contribution is 7.99. The molecule has 0 bridgehead atoms. The number of unbranched alkanes of at least 4 members (excludes halogenated alkanes) is 2. The molecule has 0 radical (unpaired) electrons. The number of nitrogens with one attached hydrogen (secondary N) is 1. The zero-order valence-electron chi connectivity index (χ0n) is 11.9. The molecule has 102 valence electrons. The van der Waals surface area contributed by atoms with Crippen molar-refractivity contribution in [3.8, 4) is 0 Å². The number of nitrogens with zero attached hydrogens (tertiary/aromatic N) is 1. The molecule has 17 heavy (non-hydrogen) atoms. The van der Waals surface area contributed by atoms with E-state index in [0.29, 0.717) is 0 Å². The number of rotatable bonds is 9. The molecule has 0 aliphatic carbocycles. The van der Waals surface area contributed by atoms with Gasteiger partial charge in [-0.05, 0) is 57.6 Å². The maximum Gasteiger partial charge on any atom is 0.0191 e. The summed E-state index contributed by atoms with van der Waals surface area (Å²) in [5.74, 6) is 3.50. The van der Waals surface area contributed by atoms with Gasteiger partial charge in [0.2, 0.25) is 0 Å². The predicted octanol–water partition coefficient (Wildman–Crippen LogP) is 2.84. The lowest BCUT2D eigenvalue weighted by molar-refractivity contribution is 0.256. The van der Waals surface area contributed by atoms with Crippen LogP contribution in [0.4, 0.5) is 0 Å². The fourth-order valence-corrected chi connectivity index (χ4v) is 3.53. The van der Waals surface area contributed by atoms with E-state index in [0.717, 1.165) is 12.0 Å². The third-order valence-electron chi connectivity index (χ3n) is 3.45. The average Bonchev–Trinajstić information content (AvgIpc) is 2.80. The van der Waals surface area contributed by atoms with Crippen LogP contribution in [-0.2, 0) is 0 Å². The molecular formula is C14H30N2S. The van der Waals surface area contributed by atoms with E-state index in [1.54, 1.807) is 0 Å². The number of thioether (sulfide) groups is 1. The lowest BCUT2D eigenvalue weighted by Gasteiger charge is -2.23. The van der Waals surface area contributed by atoms with Gasteiger partial charge in [-0.2, -0.15) is 11.8 Å². The smallest absolute Gasteiger partial charge is 0.0191 e. The molecule has 1 aliphatic rings. The van der Waals surface area contributed by atoms with Gasteiger partial charge in [0.05, 0.1) is 0 Å². The van der Waals surface area contributed by atoms with E-state index in [9.17, 15) is 0 Å². The van der Waals surface area contributed by atoms with Gasteiger partial charge in [-0.1, -0.05) is 20.3 Å². The molecule has 1 fully saturated rings. The lowest BCUT2D eigenvalue weighted by Crippen LogP contribution is -2.32. The van der Waals surface area contributed by atoms with Gasteiger partial charge in [0.15, 0.2) is 0 Å². The summed E-state index contributed by atoms with van der Waals surface area (Å²) in [6.45, 7) is 8.18. The Kier molecular flexibility index (Phi) is 8.33. The van der Waals surface area contributed by atoms with Crippen molar-refractivity contribution in [1.82, 2.24) is 10.2 Å². The van der Waals surface area contributed by atoms with Crippen LogP contribution in [0.25, 0.3) is 0 Å². The Hall–Kier alpha value is 0.270. The van der Waals surface area contributed by atoms with Crippen LogP contribution in [0.5, 0.6) is 0 Å². The summed E-state index contributed by atoms with van der Waals surface area (Å²) < 4.78 is 0. The summed E-state index contributed by atoms with van der Waals surface area (Å²) in [5, 5.41) is 3.51. The van der Waals surface area contributed by atoms with Gasteiger partial charge in [0.25, 0.3) is 0 Å². The van der Waals surface area contributed by atoms with Crippen molar-refractivity contribution in [2.24, 2.45) is 5.92 Å². The molecule has 0 aromatic rings. The number of hydrogen-bond donors (Lipinski definition) is 1. The molecule has 2 nitrogen and oxygen atoms in total. The maximum absolute atomic E-state index is 3.51. The Morgan fingerprint density at radius 1 is 1.29 bits per heavy atom. The van der Waals surface area contributed by atoms with Crippen molar-refractivity contribution in [3.05, 3.63) is 0 Å². The van der Waals surface area contributed by atoms with Crippen LogP contribution in [0.2, 0.25) is 0 Å². The Morgan fingerprint density at radius 2 is 2.12 bits per heavy atom. The van der Waals surface area contributed by atoms with Crippen LogP contribution in [0, 0.1) is 5.92 Å². The van der Waals surface area contributed by atoms with Crippen molar-refractivity contribution in [2.45, 2.75) is 45.6 Å². The Labute approximate surface area is 112 Å². The van der Waals surface area contributed by atoms with Crippen molar-refractivity contribution in [2.75, 3.05) is 38.2 Å². The fraction of sp³-hybridized carbons (Fsp3) is 1.00. The quantitative estimate of drug-likeness (QED) is 0.640. The molecule has 0 aromatic heterocycles. The van der Waals surface area contributed by atoms with Gasteiger partial charge in [-0.3, -0.25) is 0 Å². The Bertz CT molecular complexity index is 179. The molecule has 0 aromatic carbocycles. The highest BCUT2D eigenvalue weighted by Gasteiger charge is 2.18. The van der Waals surface area contributed by atoms with Gasteiger partial charge in [-0.15, -0.1) is 0 Å². The van der Waals surface area contributed by atoms with Crippen LogP contribution >= 0.6 is 11.8 Å². The minimum absolute atomic E-state index is 0.779. The van der Waals surface area contributed by atoms with E-state index >= 15 is 0 Å². The molecule has 1 N–H and O–H groups in total. The van der Waals surface area contributed by atoms with E-state index < -0.39 is 0 Å². The first kappa shape index (κ1) is 15.3. The minimum atomic E-state index is 0.779. The molecule has 1 atom stereocenters. The summed E-state index contributed by atoms with van der Waals surface area (Å²) in [5.41, 5.74) is 0. The summed E-state index contributed by atoms with van der Waals surface area (Å²) >= 11 is 2.11. The Balaban J connectivity index is 1.86. The predicted molar refractivity (Wildman–Crippen MR) is 79.9 cm³/mol. The molecule has 0 spiro atoms. The highest BCUT2D eigenvalue weighted by Crippen LogP contribution is 2.21. The second-order valence-electron chi connectivity index (χ2n) is 5.66. The van der Waals surface area contributed by atoms with Crippen LogP contribution in [0.3, 0.4) is 0 Å². The van der Waals surface area contributed by atoms with Gasteiger partial charge >= 0.3 is 0 Å². The first-order chi connectivity index (χ1) is 8.20. The van der Waals surface area contributed by atoms with E-state index in [1.807, 2.05) is 0 Å². The topological polar surface area (TPSA) is 15.3 Å². The molecule has 1 unspecified atom stereocenters. The van der Waals surface area contributed by atoms with Gasteiger partial charge in [0, 0.05) is 11.8 Å². The second kappa shape index (κ2) is 9.23. The fourth-order valence-electron chi connectivity index (χ4n) is 2.23. The number of hydrogen-bond acceptors (Lipinski definition) is 3. The minimum Gasteiger partial charge on any atom is -0.316 e. The van der Waals surface area contributed by atoms with E-state index in [1.165, 1.54) is 56.8 Å². The molecule has 1 saturated heterocycles. The van der Waals surface area contributed by atoms with Crippen LogP contribution in [-0.4, -0.2) is 49.1 Å². The third-order valence-corrected chi connectivity index (χ3v) is 4.59. The van der Waals surface area contributed by atoms with E-state index in [4.69, 9.17) is 0 Å². The normalized spacial score (nSPS) is 20.6. The van der Waals surface area contributed by atoms with Crippen molar-refractivity contribution < 1.29 is 0 Å². The van der Waals surface area contributed by atoms with Crippen LogP contribution in [0.15, 0.2) is 0 Å². The summed E-state index contributed by atoms with van der Waals surface area (Å²) in [6.07, 6.45) is 5.47. The summed E-state index contributed by atoms with van der Waals surface area (Å²) in [7, 11) is 2.30. The van der Waals surface area contributed by atoms with Crippen LogP contribution < -0.4 is 5.32 Å². The molecule has 0 saturated carbocycles. The molecular weight excluding hydrogens is 228 g/mol. The summed E-state index contributed by atoms with van der Waals surface area (Å²) in [4.78, 5) is 2.57. The highest BCUT2D eigenvalue weighted by atomic mass is 32.2. The Morgan fingerprint density at radius 3 is 2.76 bits per heavy atom. The van der Waals surface area contributed by atoms with Gasteiger partial charge < -0.3 is 10.2 Å². The zero-order chi connectivity index (χ0) is 12.5. The molecule has 3 heteroatoms. The van der Waals surface area contributed by atoms with Crippen molar-refractivity contribution in [1.29, 1.82) is 0 Å². The standard InChI is InChI=1S/C14H30N2S/c1-13(2)11-15-8-5-4-6-9-16(3)14-7-10-17-12-14/h13-15H,4-12H2,1-3H3. The molecule has 1 rings (SSSR count). The zero-order valence-corrected chi connectivity index (χ0v) is 12.7. The van der Waals surface area contributed by atoms with Gasteiger partial charge in [-0.25, -0.2) is 0 Å². The first-order valence-corrected chi connectivity index (χ1v) is 8.34. The lowest BCUT2D eigenvalue weighted by atomic mass is 10.2. The maximum atomic E-state index is 3.51. The SMILES string of the molecule is CC(C)CNCCCCCN(C)C1CCSC1.